The highest BCUT2D eigenvalue weighted by Gasteiger charge is 2.32. The van der Waals surface area contributed by atoms with Crippen LogP contribution >= 0.6 is 0 Å². The molecule has 25 heavy (non-hydrogen) atoms. The molecule has 1 N–H and O–H groups in total. The summed E-state index contributed by atoms with van der Waals surface area (Å²) < 4.78 is 0. The van der Waals surface area contributed by atoms with Crippen LogP contribution in [0.25, 0.3) is 0 Å². The number of hydrogen-bond donors (Lipinski definition) is 1. The minimum absolute atomic E-state index is 0.0604. The van der Waals surface area contributed by atoms with Gasteiger partial charge in [-0.3, -0.25) is 14.4 Å². The number of carbonyl (C=O) groups is 3. The van der Waals surface area contributed by atoms with Crippen LogP contribution in [0.4, 0.5) is 0 Å². The highest BCUT2D eigenvalue weighted by molar-refractivity contribution is 5.82. The van der Waals surface area contributed by atoms with Crippen LogP contribution in [0.2, 0.25) is 0 Å². The van der Waals surface area contributed by atoms with Crippen molar-refractivity contribution in [3.63, 3.8) is 0 Å². The minimum Gasteiger partial charge on any atom is -0.481 e. The van der Waals surface area contributed by atoms with Crippen LogP contribution in [0, 0.1) is 0 Å². The van der Waals surface area contributed by atoms with E-state index in [-0.39, 0.29) is 24.8 Å². The highest BCUT2D eigenvalue weighted by Crippen LogP contribution is 2.29. The van der Waals surface area contributed by atoms with Crippen LogP contribution in [0.1, 0.15) is 50.2 Å². The highest BCUT2D eigenvalue weighted by atomic mass is 16.4. The first-order valence-electron chi connectivity index (χ1n) is 8.84. The van der Waals surface area contributed by atoms with Gasteiger partial charge in [0.15, 0.2) is 0 Å². The lowest BCUT2D eigenvalue weighted by atomic mass is 9.89. The van der Waals surface area contributed by atoms with Crippen LogP contribution < -0.4 is 0 Å². The van der Waals surface area contributed by atoms with Crippen molar-refractivity contribution in [2.45, 2.75) is 45.6 Å². The SMILES string of the molecule is CCN(CC)C(=O)CCCC(=O)N1Cc2ccccc2C(C(=O)O)C1. The number of benzene rings is 1. The van der Waals surface area contributed by atoms with Gasteiger partial charge in [0.05, 0.1) is 5.92 Å². The Kier molecular flexibility index (Phi) is 6.56. The lowest BCUT2D eigenvalue weighted by Gasteiger charge is -2.33. The molecule has 0 saturated heterocycles. The van der Waals surface area contributed by atoms with Gasteiger partial charge in [-0.05, 0) is 31.4 Å². The molecule has 6 nitrogen and oxygen atoms in total. The average Bonchev–Trinajstić information content (AvgIpc) is 2.61. The molecule has 1 heterocycles. The van der Waals surface area contributed by atoms with E-state index < -0.39 is 11.9 Å². The van der Waals surface area contributed by atoms with E-state index in [0.717, 1.165) is 11.1 Å². The van der Waals surface area contributed by atoms with Crippen LogP contribution in [0.5, 0.6) is 0 Å². The monoisotopic (exact) mass is 346 g/mol. The fraction of sp³-hybridized carbons (Fsp3) is 0.526. The van der Waals surface area contributed by atoms with Crippen molar-refractivity contribution in [3.05, 3.63) is 35.4 Å². The van der Waals surface area contributed by atoms with Gasteiger partial charge in [-0.25, -0.2) is 0 Å². The van der Waals surface area contributed by atoms with Gasteiger partial charge in [-0.15, -0.1) is 0 Å². The third kappa shape index (κ3) is 4.59. The Morgan fingerprint density at radius 3 is 2.48 bits per heavy atom. The molecule has 1 atom stereocenters. The Morgan fingerprint density at radius 2 is 1.84 bits per heavy atom. The molecule has 1 aliphatic heterocycles. The van der Waals surface area contributed by atoms with E-state index in [1.165, 1.54) is 0 Å². The zero-order valence-electron chi connectivity index (χ0n) is 14.9. The molecule has 6 heteroatoms. The Labute approximate surface area is 148 Å². The van der Waals surface area contributed by atoms with E-state index in [4.69, 9.17) is 0 Å². The first kappa shape index (κ1) is 19.0. The van der Waals surface area contributed by atoms with E-state index in [1.54, 1.807) is 9.80 Å². The normalized spacial score (nSPS) is 16.2. The maximum Gasteiger partial charge on any atom is 0.312 e. The second-order valence-electron chi connectivity index (χ2n) is 6.28. The van der Waals surface area contributed by atoms with Crippen molar-refractivity contribution >= 4 is 17.8 Å². The van der Waals surface area contributed by atoms with Gasteiger partial charge < -0.3 is 14.9 Å². The Bertz CT molecular complexity index is 640. The number of carboxylic acid groups (broad SMARTS) is 1. The molecule has 0 aliphatic carbocycles. The molecule has 0 fully saturated rings. The van der Waals surface area contributed by atoms with Crippen LogP contribution in [-0.2, 0) is 20.9 Å². The summed E-state index contributed by atoms with van der Waals surface area (Å²) >= 11 is 0. The number of fused-ring (bicyclic) bond motifs is 1. The van der Waals surface area contributed by atoms with Crippen molar-refractivity contribution in [1.29, 1.82) is 0 Å². The number of hydrogen-bond acceptors (Lipinski definition) is 3. The van der Waals surface area contributed by atoms with E-state index in [9.17, 15) is 19.5 Å². The number of carbonyl (C=O) groups excluding carboxylic acids is 2. The lowest BCUT2D eigenvalue weighted by molar-refractivity contribution is -0.141. The lowest BCUT2D eigenvalue weighted by Crippen LogP contribution is -2.40. The molecule has 2 rings (SSSR count). The standard InChI is InChI=1S/C19H26N2O4/c1-3-20(4-2)17(22)10-7-11-18(23)21-12-14-8-5-6-9-15(14)16(13-21)19(24)25/h5-6,8-9,16H,3-4,7,10-13H2,1-2H3,(H,24,25). The smallest absolute Gasteiger partial charge is 0.312 e. The molecular weight excluding hydrogens is 320 g/mol. The second kappa shape index (κ2) is 8.65. The summed E-state index contributed by atoms with van der Waals surface area (Å²) in [5.74, 6) is -1.63. The molecular formula is C19H26N2O4. The van der Waals surface area contributed by atoms with Crippen molar-refractivity contribution in [2.75, 3.05) is 19.6 Å². The first-order chi connectivity index (χ1) is 12.0. The van der Waals surface area contributed by atoms with Gasteiger partial charge in [-0.1, -0.05) is 24.3 Å². The topological polar surface area (TPSA) is 77.9 Å². The van der Waals surface area contributed by atoms with Gasteiger partial charge in [-0.2, -0.15) is 0 Å². The van der Waals surface area contributed by atoms with E-state index >= 15 is 0 Å². The summed E-state index contributed by atoms with van der Waals surface area (Å²) in [5.41, 5.74) is 1.67. The summed E-state index contributed by atoms with van der Waals surface area (Å²) in [6.07, 6.45) is 1.10. The average molecular weight is 346 g/mol. The van der Waals surface area contributed by atoms with Gasteiger partial charge in [0.2, 0.25) is 11.8 Å². The Balaban J connectivity index is 1.94. The fourth-order valence-electron chi connectivity index (χ4n) is 3.29. The predicted molar refractivity (Wildman–Crippen MR) is 94.0 cm³/mol. The van der Waals surface area contributed by atoms with Gasteiger partial charge in [0.25, 0.3) is 0 Å². The van der Waals surface area contributed by atoms with Crippen molar-refractivity contribution in [1.82, 2.24) is 9.80 Å². The van der Waals surface area contributed by atoms with Crippen molar-refractivity contribution in [3.8, 4) is 0 Å². The fourth-order valence-corrected chi connectivity index (χ4v) is 3.29. The van der Waals surface area contributed by atoms with Gasteiger partial charge in [0.1, 0.15) is 0 Å². The number of rotatable bonds is 7. The van der Waals surface area contributed by atoms with E-state index in [0.29, 0.717) is 32.5 Å². The molecule has 136 valence electrons. The van der Waals surface area contributed by atoms with Crippen molar-refractivity contribution in [2.24, 2.45) is 0 Å². The van der Waals surface area contributed by atoms with Gasteiger partial charge >= 0.3 is 5.97 Å². The van der Waals surface area contributed by atoms with E-state index in [2.05, 4.69) is 0 Å². The molecule has 0 saturated carbocycles. The summed E-state index contributed by atoms with van der Waals surface area (Å²) in [4.78, 5) is 39.4. The quantitative estimate of drug-likeness (QED) is 0.821. The second-order valence-corrected chi connectivity index (χ2v) is 6.28. The third-order valence-corrected chi connectivity index (χ3v) is 4.74. The van der Waals surface area contributed by atoms with Crippen LogP contribution in [-0.4, -0.2) is 52.3 Å². The first-order valence-corrected chi connectivity index (χ1v) is 8.84. The minimum atomic E-state index is -0.915. The number of carboxylic acids is 1. The molecule has 1 aromatic rings. The predicted octanol–water partition coefficient (Wildman–Crippen LogP) is 2.24. The molecule has 1 unspecified atom stereocenters. The summed E-state index contributed by atoms with van der Waals surface area (Å²) in [6, 6.07) is 7.37. The largest absolute Gasteiger partial charge is 0.481 e. The third-order valence-electron chi connectivity index (χ3n) is 4.74. The summed E-state index contributed by atoms with van der Waals surface area (Å²) in [7, 11) is 0. The molecule has 2 amide bonds. The van der Waals surface area contributed by atoms with E-state index in [1.807, 2.05) is 38.1 Å². The maximum atomic E-state index is 12.5. The molecule has 0 bridgehead atoms. The maximum absolute atomic E-state index is 12.5. The summed E-state index contributed by atoms with van der Waals surface area (Å²) in [6.45, 7) is 5.84. The summed E-state index contributed by atoms with van der Waals surface area (Å²) in [5, 5.41) is 9.46. The van der Waals surface area contributed by atoms with Crippen LogP contribution in [0.15, 0.2) is 24.3 Å². The van der Waals surface area contributed by atoms with Crippen LogP contribution in [0.3, 0.4) is 0 Å². The number of aliphatic carboxylic acids is 1. The molecule has 1 aliphatic rings. The number of amides is 2. The zero-order chi connectivity index (χ0) is 18.4. The molecule has 1 aromatic carbocycles. The molecule has 0 radical (unpaired) electrons. The Hall–Kier alpha value is -2.37. The molecule has 0 aromatic heterocycles. The van der Waals surface area contributed by atoms with Gasteiger partial charge in [0, 0.05) is 39.0 Å². The Morgan fingerprint density at radius 1 is 1.16 bits per heavy atom. The molecule has 0 spiro atoms. The number of nitrogens with zero attached hydrogens (tertiary/aromatic N) is 2. The zero-order valence-corrected chi connectivity index (χ0v) is 14.9. The van der Waals surface area contributed by atoms with Crippen molar-refractivity contribution < 1.29 is 19.5 Å².